The number of hydrogen-bond acceptors (Lipinski definition) is 5. The van der Waals surface area contributed by atoms with Crippen molar-refractivity contribution in [1.82, 2.24) is 15.2 Å². The molecule has 0 radical (unpaired) electrons. The van der Waals surface area contributed by atoms with Gasteiger partial charge in [-0.05, 0) is 37.5 Å². The van der Waals surface area contributed by atoms with Crippen molar-refractivity contribution in [2.45, 2.75) is 56.3 Å². The molecule has 14 heteroatoms. The van der Waals surface area contributed by atoms with E-state index in [0.717, 1.165) is 11.8 Å². The standard InChI is InChI=1S/C22H18F8N4O2/c1-7-14(21(25,26)27)9(5-12(31)15(7)24)16-11(23)4-10-19(33-16)36-18(22(28,29)30)17-13-3-2-8(32-13)6-34(17)20(10)35/h4-5,8,13,17-18,32H,2-3,6,31H2,1H3/t8-,13+,17+,18-/m1/s1. The lowest BCUT2D eigenvalue weighted by Gasteiger charge is -2.42. The number of anilines is 1. The van der Waals surface area contributed by atoms with Gasteiger partial charge in [-0.3, -0.25) is 4.79 Å². The number of alkyl halides is 6. The summed E-state index contributed by atoms with van der Waals surface area (Å²) in [6.45, 7) is 0.684. The van der Waals surface area contributed by atoms with E-state index < -0.39 is 87.6 Å². The summed E-state index contributed by atoms with van der Waals surface area (Å²) >= 11 is 0. The molecular weight excluding hydrogens is 504 g/mol. The minimum atomic E-state index is -5.19. The second-order valence-electron chi connectivity index (χ2n) is 9.07. The molecule has 2 bridgehead atoms. The summed E-state index contributed by atoms with van der Waals surface area (Å²) in [5.74, 6) is -4.78. The van der Waals surface area contributed by atoms with Crippen molar-refractivity contribution in [3.05, 3.63) is 40.5 Å². The lowest BCUT2D eigenvalue weighted by molar-refractivity contribution is -0.213. The van der Waals surface area contributed by atoms with Crippen LogP contribution in [0.3, 0.4) is 0 Å². The van der Waals surface area contributed by atoms with Gasteiger partial charge in [-0.25, -0.2) is 13.8 Å². The molecule has 6 nitrogen and oxygen atoms in total. The van der Waals surface area contributed by atoms with Crippen LogP contribution in [-0.4, -0.2) is 52.7 Å². The minimum absolute atomic E-state index is 0.0926. The Hall–Kier alpha value is -3.16. The largest absolute Gasteiger partial charge is 0.462 e. The number of nitrogens with two attached hydrogens (primary N) is 1. The van der Waals surface area contributed by atoms with Gasteiger partial charge in [0.05, 0.1) is 17.3 Å². The maximum Gasteiger partial charge on any atom is 0.427 e. The van der Waals surface area contributed by atoms with Gasteiger partial charge in [0.1, 0.15) is 17.1 Å². The number of ether oxygens (including phenoxy) is 1. The van der Waals surface area contributed by atoms with Gasteiger partial charge in [0.25, 0.3) is 5.91 Å². The zero-order valence-electron chi connectivity index (χ0n) is 18.4. The number of aromatic nitrogens is 1. The van der Waals surface area contributed by atoms with Gasteiger partial charge in [0.2, 0.25) is 12.0 Å². The van der Waals surface area contributed by atoms with Crippen LogP contribution in [0.15, 0.2) is 12.1 Å². The number of rotatable bonds is 1. The molecule has 2 aromatic rings. The van der Waals surface area contributed by atoms with Gasteiger partial charge in [0.15, 0.2) is 5.82 Å². The summed E-state index contributed by atoms with van der Waals surface area (Å²) < 4.78 is 118. The average Bonchev–Trinajstić information content (AvgIpc) is 3.10. The highest BCUT2D eigenvalue weighted by molar-refractivity contribution is 5.97. The molecule has 4 atom stereocenters. The molecule has 1 aromatic carbocycles. The van der Waals surface area contributed by atoms with Crippen LogP contribution in [0.25, 0.3) is 11.3 Å². The number of halogens is 8. The Labute approximate surface area is 198 Å². The number of pyridine rings is 1. The number of nitrogens with one attached hydrogen (secondary N) is 1. The summed E-state index contributed by atoms with van der Waals surface area (Å²) in [6.07, 6.45) is -11.9. The zero-order valence-corrected chi connectivity index (χ0v) is 18.4. The second-order valence-corrected chi connectivity index (χ2v) is 9.07. The lowest BCUT2D eigenvalue weighted by atomic mass is 9.96. The first-order valence-corrected chi connectivity index (χ1v) is 10.9. The van der Waals surface area contributed by atoms with Gasteiger partial charge in [-0.2, -0.15) is 26.3 Å². The first-order chi connectivity index (χ1) is 16.7. The van der Waals surface area contributed by atoms with Crippen molar-refractivity contribution in [2.24, 2.45) is 0 Å². The van der Waals surface area contributed by atoms with E-state index in [0.29, 0.717) is 25.0 Å². The highest BCUT2D eigenvalue weighted by Gasteiger charge is 2.58. The number of amides is 1. The lowest BCUT2D eigenvalue weighted by Crippen LogP contribution is -2.66. The number of nitrogen functional groups attached to an aromatic ring is 1. The summed E-state index contributed by atoms with van der Waals surface area (Å²) in [4.78, 5) is 17.8. The average molecular weight is 522 g/mol. The molecular formula is C22H18F8N4O2. The maximum atomic E-state index is 15.2. The van der Waals surface area contributed by atoms with E-state index in [9.17, 15) is 35.5 Å². The van der Waals surface area contributed by atoms with Crippen LogP contribution in [0, 0.1) is 18.6 Å². The Kier molecular flexibility index (Phi) is 5.40. The predicted octanol–water partition coefficient (Wildman–Crippen LogP) is 4.20. The van der Waals surface area contributed by atoms with Crippen molar-refractivity contribution in [1.29, 1.82) is 0 Å². The monoisotopic (exact) mass is 522 g/mol. The van der Waals surface area contributed by atoms with Crippen LogP contribution in [-0.2, 0) is 6.18 Å². The van der Waals surface area contributed by atoms with Crippen molar-refractivity contribution in [2.75, 3.05) is 12.3 Å². The molecule has 36 heavy (non-hydrogen) atoms. The molecule has 194 valence electrons. The Balaban J connectivity index is 1.71. The van der Waals surface area contributed by atoms with Crippen LogP contribution >= 0.6 is 0 Å². The van der Waals surface area contributed by atoms with Gasteiger partial charge in [0, 0.05) is 24.2 Å². The van der Waals surface area contributed by atoms with E-state index in [-0.39, 0.29) is 12.6 Å². The molecule has 5 rings (SSSR count). The van der Waals surface area contributed by atoms with Crippen molar-refractivity contribution >= 4 is 11.6 Å². The zero-order chi connectivity index (χ0) is 26.3. The Morgan fingerprint density at radius 1 is 1.11 bits per heavy atom. The van der Waals surface area contributed by atoms with E-state index in [4.69, 9.17) is 10.5 Å². The molecule has 3 N–H and O–H groups in total. The number of benzene rings is 1. The Bertz CT molecular complexity index is 1260. The number of hydrogen-bond donors (Lipinski definition) is 2. The molecule has 3 aliphatic rings. The number of carbonyl (C=O) groups is 1. The Morgan fingerprint density at radius 2 is 1.81 bits per heavy atom. The van der Waals surface area contributed by atoms with Crippen molar-refractivity contribution in [3.63, 3.8) is 0 Å². The smallest absolute Gasteiger partial charge is 0.427 e. The van der Waals surface area contributed by atoms with E-state index in [2.05, 4.69) is 10.3 Å². The SMILES string of the molecule is Cc1c(F)c(N)cc(-c2nc3c(cc2F)C(=O)N2C[C@H]4CC[C@H](N4)[C@H]2[C@H](C(F)(F)F)O3)c1C(F)(F)F. The third-order valence-electron chi connectivity index (χ3n) is 6.83. The second kappa shape index (κ2) is 7.92. The molecule has 0 aliphatic carbocycles. The summed E-state index contributed by atoms with van der Waals surface area (Å²) in [7, 11) is 0. The van der Waals surface area contributed by atoms with Crippen LogP contribution in [0.1, 0.15) is 34.3 Å². The third kappa shape index (κ3) is 3.73. The minimum Gasteiger partial charge on any atom is -0.462 e. The van der Waals surface area contributed by atoms with E-state index in [1.54, 1.807) is 0 Å². The van der Waals surface area contributed by atoms with Crippen molar-refractivity contribution < 1.29 is 44.7 Å². The van der Waals surface area contributed by atoms with Crippen LogP contribution in [0.2, 0.25) is 0 Å². The van der Waals surface area contributed by atoms with Gasteiger partial charge in [-0.15, -0.1) is 0 Å². The van der Waals surface area contributed by atoms with Gasteiger partial charge in [-0.1, -0.05) is 0 Å². The fraction of sp³-hybridized carbons (Fsp3) is 0.455. The number of nitrogens with zero attached hydrogens (tertiary/aromatic N) is 2. The topological polar surface area (TPSA) is 80.5 Å². The molecule has 4 heterocycles. The van der Waals surface area contributed by atoms with Gasteiger partial charge < -0.3 is 20.7 Å². The highest BCUT2D eigenvalue weighted by atomic mass is 19.4. The molecule has 0 saturated carbocycles. The molecule has 0 spiro atoms. The fourth-order valence-electron chi connectivity index (χ4n) is 5.31. The molecule has 0 unspecified atom stereocenters. The number of piperazine rings is 1. The van der Waals surface area contributed by atoms with Crippen molar-refractivity contribution in [3.8, 4) is 17.1 Å². The van der Waals surface area contributed by atoms with Crippen LogP contribution in [0.4, 0.5) is 40.8 Å². The highest BCUT2D eigenvalue weighted by Crippen LogP contribution is 2.44. The number of fused-ring (bicyclic) bond motifs is 5. The number of carbonyl (C=O) groups excluding carboxylic acids is 1. The van der Waals surface area contributed by atoms with Crippen LogP contribution < -0.4 is 15.8 Å². The normalized spacial score (nSPS) is 25.8. The summed E-state index contributed by atoms with van der Waals surface area (Å²) in [5.41, 5.74) is -0.582. The summed E-state index contributed by atoms with van der Waals surface area (Å²) in [6, 6.07) is -1.52. The maximum absolute atomic E-state index is 15.2. The predicted molar refractivity (Wildman–Crippen MR) is 109 cm³/mol. The fourth-order valence-corrected chi connectivity index (χ4v) is 5.31. The Morgan fingerprint density at radius 3 is 2.44 bits per heavy atom. The quantitative estimate of drug-likeness (QED) is 0.434. The molecule has 1 amide bonds. The third-order valence-corrected chi connectivity index (χ3v) is 6.83. The molecule has 2 saturated heterocycles. The van der Waals surface area contributed by atoms with Crippen LogP contribution in [0.5, 0.6) is 5.88 Å². The molecule has 2 fully saturated rings. The van der Waals surface area contributed by atoms with E-state index in [1.807, 2.05) is 0 Å². The molecule has 3 aliphatic heterocycles. The summed E-state index contributed by atoms with van der Waals surface area (Å²) in [5, 5.41) is 3.01. The van der Waals surface area contributed by atoms with E-state index >= 15 is 4.39 Å². The van der Waals surface area contributed by atoms with E-state index in [1.165, 1.54) is 0 Å². The molecule has 1 aromatic heterocycles. The van der Waals surface area contributed by atoms with Gasteiger partial charge >= 0.3 is 12.4 Å². The first-order valence-electron chi connectivity index (χ1n) is 10.9. The first kappa shape index (κ1) is 24.5.